The molecule has 0 heterocycles. The maximum atomic E-state index is 9.66. The molecule has 0 aliphatic heterocycles. The molecule has 4 nitrogen and oxygen atoms in total. The minimum Gasteiger partial charge on any atom is -0.504 e. The number of phenols is 3. The predicted molar refractivity (Wildman–Crippen MR) is 78.3 cm³/mol. The number of aromatic hydroxyl groups is 3. The first-order valence-electron chi connectivity index (χ1n) is 6.26. The molecule has 0 unspecified atom stereocenters. The summed E-state index contributed by atoms with van der Waals surface area (Å²) in [6.45, 7) is 1.13. The molecule has 4 N–H and O–H groups in total. The fourth-order valence-electron chi connectivity index (χ4n) is 1.86. The Morgan fingerprint density at radius 3 is 2.30 bits per heavy atom. The molecular weight excluding hydrogens is 278 g/mol. The quantitative estimate of drug-likeness (QED) is 0.505. The molecule has 2 aromatic rings. The maximum absolute atomic E-state index is 9.66. The summed E-state index contributed by atoms with van der Waals surface area (Å²) in [4.78, 5) is 0. The number of nitrogens with one attached hydrogen (secondary N) is 1. The van der Waals surface area contributed by atoms with E-state index in [0.29, 0.717) is 17.1 Å². The van der Waals surface area contributed by atoms with Crippen molar-refractivity contribution in [2.45, 2.75) is 13.0 Å². The molecule has 0 bridgehead atoms. The zero-order valence-electron chi connectivity index (χ0n) is 10.8. The summed E-state index contributed by atoms with van der Waals surface area (Å²) in [5.41, 5.74) is 1.70. The van der Waals surface area contributed by atoms with E-state index in [-0.39, 0.29) is 11.5 Å². The highest BCUT2D eigenvalue weighted by Gasteiger charge is 2.10. The van der Waals surface area contributed by atoms with Crippen LogP contribution in [0.2, 0.25) is 5.02 Å². The highest BCUT2D eigenvalue weighted by molar-refractivity contribution is 6.30. The molecule has 0 aliphatic carbocycles. The summed E-state index contributed by atoms with van der Waals surface area (Å²) in [7, 11) is 0. The lowest BCUT2D eigenvalue weighted by Crippen LogP contribution is -2.16. The average molecular weight is 294 g/mol. The van der Waals surface area contributed by atoms with Crippen LogP contribution in [0.25, 0.3) is 0 Å². The smallest absolute Gasteiger partial charge is 0.200 e. The summed E-state index contributed by atoms with van der Waals surface area (Å²) >= 11 is 5.81. The Kier molecular flexibility index (Phi) is 4.71. The molecule has 106 valence electrons. The van der Waals surface area contributed by atoms with Gasteiger partial charge < -0.3 is 20.6 Å². The molecule has 2 aromatic carbocycles. The van der Waals surface area contributed by atoms with Crippen molar-refractivity contribution < 1.29 is 15.3 Å². The number of hydrogen-bond donors (Lipinski definition) is 4. The molecule has 0 amide bonds. The highest BCUT2D eigenvalue weighted by Crippen LogP contribution is 2.36. The second-order valence-electron chi connectivity index (χ2n) is 4.49. The Labute approximate surface area is 122 Å². The standard InChI is InChI=1S/C15H16ClNO3/c16-12-4-1-10(2-5-12)7-8-17-9-11-3-6-13(18)15(20)14(11)19/h1-6,17-20H,7-9H2. The van der Waals surface area contributed by atoms with Gasteiger partial charge in [-0.25, -0.2) is 0 Å². The second-order valence-corrected chi connectivity index (χ2v) is 4.93. The number of benzene rings is 2. The first-order chi connectivity index (χ1) is 9.58. The van der Waals surface area contributed by atoms with Crippen molar-refractivity contribution >= 4 is 11.6 Å². The Bertz CT molecular complexity index is 584. The topological polar surface area (TPSA) is 72.7 Å². The lowest BCUT2D eigenvalue weighted by atomic mass is 10.1. The highest BCUT2D eigenvalue weighted by atomic mass is 35.5. The van der Waals surface area contributed by atoms with E-state index in [1.807, 2.05) is 24.3 Å². The zero-order chi connectivity index (χ0) is 14.5. The van der Waals surface area contributed by atoms with Gasteiger partial charge in [-0.3, -0.25) is 0 Å². The van der Waals surface area contributed by atoms with E-state index >= 15 is 0 Å². The Hall–Kier alpha value is -1.91. The molecule has 0 atom stereocenters. The summed E-state index contributed by atoms with van der Waals surface area (Å²) in [5.74, 6) is -1.10. The maximum Gasteiger partial charge on any atom is 0.200 e. The monoisotopic (exact) mass is 293 g/mol. The molecule has 0 saturated carbocycles. The third-order valence-corrected chi connectivity index (χ3v) is 3.28. The lowest BCUT2D eigenvalue weighted by Gasteiger charge is -2.09. The van der Waals surface area contributed by atoms with E-state index in [9.17, 15) is 15.3 Å². The van der Waals surface area contributed by atoms with Crippen molar-refractivity contribution in [3.8, 4) is 17.2 Å². The van der Waals surface area contributed by atoms with Crippen LogP contribution in [-0.4, -0.2) is 21.9 Å². The third kappa shape index (κ3) is 3.56. The summed E-state index contributed by atoms with van der Waals surface area (Å²) in [6, 6.07) is 10.5. The van der Waals surface area contributed by atoms with E-state index in [2.05, 4.69) is 5.32 Å². The average Bonchev–Trinajstić information content (AvgIpc) is 2.45. The van der Waals surface area contributed by atoms with Crippen LogP contribution in [0.15, 0.2) is 36.4 Å². The van der Waals surface area contributed by atoms with E-state index in [1.54, 1.807) is 6.07 Å². The van der Waals surface area contributed by atoms with Gasteiger partial charge in [0.2, 0.25) is 5.75 Å². The number of hydrogen-bond acceptors (Lipinski definition) is 4. The van der Waals surface area contributed by atoms with E-state index < -0.39 is 5.75 Å². The molecule has 2 rings (SSSR count). The van der Waals surface area contributed by atoms with Gasteiger partial charge in [0.15, 0.2) is 11.5 Å². The summed E-state index contributed by atoms with van der Waals surface area (Å²) in [6.07, 6.45) is 0.835. The van der Waals surface area contributed by atoms with Crippen molar-refractivity contribution in [1.82, 2.24) is 5.32 Å². The van der Waals surface area contributed by atoms with Crippen molar-refractivity contribution in [2.24, 2.45) is 0 Å². The van der Waals surface area contributed by atoms with Gasteiger partial charge in [0.1, 0.15) is 0 Å². The van der Waals surface area contributed by atoms with Crippen molar-refractivity contribution in [2.75, 3.05) is 6.54 Å². The fraction of sp³-hybridized carbons (Fsp3) is 0.200. The molecule has 0 aromatic heterocycles. The van der Waals surface area contributed by atoms with Crippen molar-refractivity contribution in [1.29, 1.82) is 0 Å². The second kappa shape index (κ2) is 6.50. The Morgan fingerprint density at radius 2 is 1.60 bits per heavy atom. The van der Waals surface area contributed by atoms with Crippen LogP contribution in [0.5, 0.6) is 17.2 Å². The number of phenolic OH excluding ortho intramolecular Hbond substituents is 3. The fourth-order valence-corrected chi connectivity index (χ4v) is 1.99. The van der Waals surface area contributed by atoms with Crippen LogP contribution < -0.4 is 5.32 Å². The predicted octanol–water partition coefficient (Wildman–Crippen LogP) is 2.79. The van der Waals surface area contributed by atoms with E-state index in [0.717, 1.165) is 13.0 Å². The zero-order valence-corrected chi connectivity index (χ0v) is 11.6. The largest absolute Gasteiger partial charge is 0.504 e. The van der Waals surface area contributed by atoms with Gasteiger partial charge >= 0.3 is 0 Å². The normalized spacial score (nSPS) is 10.7. The van der Waals surface area contributed by atoms with Crippen LogP contribution in [0.3, 0.4) is 0 Å². The molecule has 0 saturated heterocycles. The van der Waals surface area contributed by atoms with E-state index in [4.69, 9.17) is 11.6 Å². The molecule has 0 fully saturated rings. The number of halogens is 1. The van der Waals surface area contributed by atoms with Crippen LogP contribution >= 0.6 is 11.6 Å². The Morgan fingerprint density at radius 1 is 0.900 bits per heavy atom. The van der Waals surface area contributed by atoms with Crippen molar-refractivity contribution in [3.05, 3.63) is 52.5 Å². The first-order valence-corrected chi connectivity index (χ1v) is 6.63. The van der Waals surface area contributed by atoms with Gasteiger partial charge in [0.05, 0.1) is 0 Å². The van der Waals surface area contributed by atoms with Crippen LogP contribution in [-0.2, 0) is 13.0 Å². The Balaban J connectivity index is 1.84. The first kappa shape index (κ1) is 14.5. The molecule has 0 radical (unpaired) electrons. The van der Waals surface area contributed by atoms with Gasteiger partial charge in [-0.2, -0.15) is 0 Å². The van der Waals surface area contributed by atoms with Gasteiger partial charge in [-0.15, -0.1) is 0 Å². The molecular formula is C15H16ClNO3. The minimum absolute atomic E-state index is 0.288. The molecule has 0 spiro atoms. The molecule has 5 heteroatoms. The van der Waals surface area contributed by atoms with Gasteiger partial charge in [-0.05, 0) is 36.7 Å². The van der Waals surface area contributed by atoms with Gasteiger partial charge in [-0.1, -0.05) is 29.8 Å². The van der Waals surface area contributed by atoms with Crippen LogP contribution in [0, 0.1) is 0 Å². The molecule has 20 heavy (non-hydrogen) atoms. The van der Waals surface area contributed by atoms with Gasteiger partial charge in [0.25, 0.3) is 0 Å². The van der Waals surface area contributed by atoms with Crippen molar-refractivity contribution in [3.63, 3.8) is 0 Å². The third-order valence-electron chi connectivity index (χ3n) is 3.03. The van der Waals surface area contributed by atoms with Gasteiger partial charge in [0, 0.05) is 17.1 Å². The lowest BCUT2D eigenvalue weighted by molar-refractivity contribution is 0.364. The number of rotatable bonds is 5. The SMILES string of the molecule is Oc1ccc(CNCCc2ccc(Cl)cc2)c(O)c1O. The molecule has 0 aliphatic rings. The minimum atomic E-state index is -0.484. The van der Waals surface area contributed by atoms with Crippen LogP contribution in [0.4, 0.5) is 0 Å². The van der Waals surface area contributed by atoms with E-state index in [1.165, 1.54) is 11.6 Å². The summed E-state index contributed by atoms with van der Waals surface area (Å²) < 4.78 is 0. The van der Waals surface area contributed by atoms with Crippen LogP contribution in [0.1, 0.15) is 11.1 Å². The summed E-state index contributed by atoms with van der Waals surface area (Å²) in [5, 5.41) is 32.2.